The Morgan fingerprint density at radius 1 is 0.923 bits per heavy atom. The van der Waals surface area contributed by atoms with E-state index < -0.39 is 15.1 Å². The molecule has 0 unspecified atom stereocenters. The Bertz CT molecular complexity index is 130. The van der Waals surface area contributed by atoms with Gasteiger partial charge in [0.15, 0.2) is 0 Å². The van der Waals surface area contributed by atoms with Crippen molar-refractivity contribution in [2.45, 2.75) is 0 Å². The molecule has 74 valence electrons. The van der Waals surface area contributed by atoms with Gasteiger partial charge in [-0.2, -0.15) is 0 Å². The summed E-state index contributed by atoms with van der Waals surface area (Å²) in [4.78, 5) is 6.42. The molecule has 0 saturated heterocycles. The minimum Gasteiger partial charge on any atom is -0.351 e. The maximum Gasteiger partial charge on any atom is 0.762 e. The van der Waals surface area contributed by atoms with E-state index in [9.17, 15) is 25.9 Å². The molecule has 0 spiro atoms. The summed E-state index contributed by atoms with van der Waals surface area (Å²) in [5, 5.41) is 0. The molecule has 0 radical (unpaired) electrons. The zero-order valence-electron chi connectivity index (χ0n) is 6.10. The molecule has 0 fully saturated rings. The number of nitrogens with one attached hydrogen (secondary N) is 1. The van der Waals surface area contributed by atoms with E-state index in [1.165, 1.54) is 0 Å². The van der Waals surface area contributed by atoms with Crippen LogP contribution in [0.2, 0.25) is 0 Å². The maximum atomic E-state index is 9.67. The minimum absolute atomic E-state index is 1.62. The molecule has 0 aliphatic carbocycles. The zero-order chi connectivity index (χ0) is 10.7. The van der Waals surface area contributed by atoms with Crippen molar-refractivity contribution in [2.24, 2.45) is 0 Å². The van der Waals surface area contributed by atoms with Crippen molar-refractivity contribution in [3.8, 4) is 0 Å². The molecule has 0 bridgehead atoms. The van der Waals surface area contributed by atoms with E-state index in [0.717, 1.165) is 0 Å². The number of aromatic nitrogens is 2. The quantitative estimate of drug-likeness (QED) is 0.508. The Kier molecular flexibility index (Phi) is 12.1. The van der Waals surface area contributed by atoms with Gasteiger partial charge in [-0.1, -0.05) is 0 Å². The molecule has 2 nitrogen and oxygen atoms in total. The summed E-state index contributed by atoms with van der Waals surface area (Å²) in [7, 11) is -7.33. The van der Waals surface area contributed by atoms with Gasteiger partial charge in [-0.3, -0.25) is 25.9 Å². The third-order valence-corrected chi connectivity index (χ3v) is 0.406. The van der Waals surface area contributed by atoms with Crippen LogP contribution in [0.25, 0.3) is 0 Å². The molecule has 0 aliphatic rings. The number of halogens is 6. The molecule has 1 aromatic heterocycles. The molecule has 1 N–H and O–H groups in total. The average molecular weight is 204 g/mol. The van der Waals surface area contributed by atoms with Crippen molar-refractivity contribution in [1.82, 2.24) is 9.97 Å². The fourth-order valence-corrected chi connectivity index (χ4v) is 0.215. The Balaban J connectivity index is 0. The second-order valence-corrected chi connectivity index (χ2v) is 1.26. The van der Waals surface area contributed by atoms with E-state index in [0.29, 0.717) is 0 Å². The van der Waals surface area contributed by atoms with Crippen molar-refractivity contribution in [2.75, 3.05) is 0 Å². The van der Waals surface area contributed by atoms with Gasteiger partial charge in [0.05, 0.1) is 6.33 Å². The molecule has 1 aromatic rings. The number of hydrogen-bond donors (Lipinski definition) is 1. The lowest BCUT2D eigenvalue weighted by Crippen LogP contribution is -1.76. The summed E-state index contributed by atoms with van der Waals surface area (Å²) in [6.07, 6.45) is 5.08. The summed E-state index contributed by atoms with van der Waals surface area (Å²) < 4.78 is 58.0. The van der Waals surface area contributed by atoms with Crippen LogP contribution in [0, 0.1) is 0 Å². The summed E-state index contributed by atoms with van der Waals surface area (Å²) in [6.45, 7) is 0. The molecule has 13 heavy (non-hydrogen) atoms. The van der Waals surface area contributed by atoms with Gasteiger partial charge < -0.3 is 4.98 Å². The molecule has 0 saturated carbocycles. The van der Waals surface area contributed by atoms with Gasteiger partial charge in [-0.05, 0) is 0 Å². The number of imidazole rings is 1. The van der Waals surface area contributed by atoms with Gasteiger partial charge in [0.1, 0.15) is 0 Å². The summed E-state index contributed by atoms with van der Waals surface area (Å²) >= 11 is 0. The van der Waals surface area contributed by atoms with Crippen LogP contribution in [0.5, 0.6) is 0 Å². The second kappa shape index (κ2) is 10.9. The van der Waals surface area contributed by atoms with E-state index in [-0.39, 0.29) is 0 Å². The predicted molar refractivity (Wildman–Crippen MR) is 36.7 cm³/mol. The molecule has 0 aromatic carbocycles. The smallest absolute Gasteiger partial charge is 0.351 e. The normalized spacial score (nSPS) is 7.23. The van der Waals surface area contributed by atoms with Crippen LogP contribution in [-0.4, -0.2) is 25.1 Å². The third kappa shape index (κ3) is 56.5. The van der Waals surface area contributed by atoms with Crippen molar-refractivity contribution < 1.29 is 25.9 Å². The third-order valence-electron chi connectivity index (χ3n) is 0.406. The topological polar surface area (TPSA) is 28.7 Å². The van der Waals surface area contributed by atoms with Crippen molar-refractivity contribution in [3.63, 3.8) is 0 Å². The Labute approximate surface area is 70.8 Å². The largest absolute Gasteiger partial charge is 0.762 e. The Morgan fingerprint density at radius 3 is 1.38 bits per heavy atom. The highest BCUT2D eigenvalue weighted by Gasteiger charge is 2.06. The fourth-order valence-electron chi connectivity index (χ4n) is 0.215. The lowest BCUT2D eigenvalue weighted by Gasteiger charge is -1.55. The zero-order valence-corrected chi connectivity index (χ0v) is 6.10. The number of aromatic amines is 1. The molecule has 1 rings (SSSR count). The van der Waals surface area contributed by atoms with Crippen LogP contribution in [0.1, 0.15) is 0 Å². The maximum absolute atomic E-state index is 9.67. The molecule has 10 heteroatoms. The van der Waals surface area contributed by atoms with Crippen LogP contribution in [0.15, 0.2) is 18.7 Å². The minimum atomic E-state index is -3.67. The molecule has 1 heterocycles. The van der Waals surface area contributed by atoms with Crippen LogP contribution in [-0.2, 0) is 0 Å². The first kappa shape index (κ1) is 14.4. The molecular weight excluding hydrogens is 200 g/mol. The van der Waals surface area contributed by atoms with Crippen LogP contribution in [0.4, 0.5) is 25.9 Å². The van der Waals surface area contributed by atoms with E-state index in [4.69, 9.17) is 0 Å². The lowest BCUT2D eigenvalue weighted by molar-refractivity contribution is 0.533. The van der Waals surface area contributed by atoms with Crippen LogP contribution in [0.3, 0.4) is 0 Å². The number of rotatable bonds is 0. The number of hydrogen-bond acceptors (Lipinski definition) is 1. The second-order valence-electron chi connectivity index (χ2n) is 1.26. The molecule has 0 amide bonds. The van der Waals surface area contributed by atoms with Gasteiger partial charge in [0.25, 0.3) is 0 Å². The highest BCUT2D eigenvalue weighted by molar-refractivity contribution is 6.33. The predicted octanol–water partition coefficient (Wildman–Crippen LogP) is 2.17. The molecular formula is C3H4B2F6N2. The molecule has 0 aliphatic heterocycles. The number of H-pyrrole nitrogens is 1. The van der Waals surface area contributed by atoms with E-state index in [1.54, 1.807) is 18.7 Å². The Hall–Kier alpha value is -1.08. The van der Waals surface area contributed by atoms with E-state index >= 15 is 0 Å². The van der Waals surface area contributed by atoms with Crippen LogP contribution < -0.4 is 0 Å². The standard InChI is InChI=1S/C3H4N2.2BF3/c1-2-5-3-4-1;2*2-1(3)4/h1-3H,(H,4,5);;. The van der Waals surface area contributed by atoms with Gasteiger partial charge in [-0.25, -0.2) is 4.98 Å². The summed E-state index contributed by atoms with van der Waals surface area (Å²) in [5.41, 5.74) is 0. The fraction of sp³-hybridized carbons (Fsp3) is 0. The van der Waals surface area contributed by atoms with Gasteiger partial charge in [0.2, 0.25) is 0 Å². The van der Waals surface area contributed by atoms with Crippen molar-refractivity contribution in [3.05, 3.63) is 18.7 Å². The summed E-state index contributed by atoms with van der Waals surface area (Å²) in [5.74, 6) is 0. The van der Waals surface area contributed by atoms with Crippen molar-refractivity contribution >= 4 is 15.1 Å². The highest BCUT2D eigenvalue weighted by Crippen LogP contribution is 1.80. The summed E-state index contributed by atoms with van der Waals surface area (Å²) in [6, 6.07) is 0. The van der Waals surface area contributed by atoms with Gasteiger partial charge >= 0.3 is 15.1 Å². The first-order valence-electron chi connectivity index (χ1n) is 2.74. The lowest BCUT2D eigenvalue weighted by atomic mass is 10.5. The monoisotopic (exact) mass is 204 g/mol. The Morgan fingerprint density at radius 2 is 1.31 bits per heavy atom. The average Bonchev–Trinajstić information content (AvgIpc) is 2.35. The highest BCUT2D eigenvalue weighted by atomic mass is 19.4. The van der Waals surface area contributed by atoms with E-state index in [1.807, 2.05) is 0 Å². The van der Waals surface area contributed by atoms with E-state index in [2.05, 4.69) is 9.97 Å². The first-order chi connectivity index (χ1) is 5.96. The first-order valence-corrected chi connectivity index (χ1v) is 2.74. The molecule has 0 atom stereocenters. The van der Waals surface area contributed by atoms with Crippen LogP contribution >= 0.6 is 0 Å². The van der Waals surface area contributed by atoms with Gasteiger partial charge in [-0.15, -0.1) is 0 Å². The number of nitrogens with zero attached hydrogens (tertiary/aromatic N) is 1. The van der Waals surface area contributed by atoms with Crippen molar-refractivity contribution in [1.29, 1.82) is 0 Å². The van der Waals surface area contributed by atoms with Gasteiger partial charge in [0, 0.05) is 12.4 Å². The SMILES string of the molecule is FB(F)F.FB(F)F.c1c[nH]cn1.